The first-order valence-electron chi connectivity index (χ1n) is 12.4. The molecule has 186 valence electrons. The molecule has 0 spiro atoms. The fraction of sp³-hybridized carbons (Fsp3) is 0.267. The van der Waals surface area contributed by atoms with Gasteiger partial charge in [-0.2, -0.15) is 0 Å². The summed E-state index contributed by atoms with van der Waals surface area (Å²) in [5.41, 5.74) is 6.89. The zero-order valence-electron chi connectivity index (χ0n) is 20.9. The van der Waals surface area contributed by atoms with Gasteiger partial charge in [0.15, 0.2) is 5.13 Å². The van der Waals surface area contributed by atoms with E-state index in [0.717, 1.165) is 53.7 Å². The summed E-state index contributed by atoms with van der Waals surface area (Å²) in [5.74, 6) is -0.179. The Bertz CT molecular complexity index is 1220. The number of nitrogens with zero attached hydrogens (tertiary/aromatic N) is 2. The van der Waals surface area contributed by atoms with Gasteiger partial charge in [0.05, 0.1) is 12.8 Å². The molecule has 0 aliphatic carbocycles. The van der Waals surface area contributed by atoms with Crippen molar-refractivity contribution in [3.05, 3.63) is 101 Å². The number of ether oxygens (including phenoxy) is 1. The molecule has 3 aromatic carbocycles. The molecule has 0 atom stereocenters. The third-order valence-electron chi connectivity index (χ3n) is 6.02. The predicted molar refractivity (Wildman–Crippen MR) is 149 cm³/mol. The van der Waals surface area contributed by atoms with Gasteiger partial charge in [0.1, 0.15) is 0 Å². The van der Waals surface area contributed by atoms with Crippen molar-refractivity contribution in [3.8, 4) is 11.3 Å². The van der Waals surface area contributed by atoms with E-state index < -0.39 is 0 Å². The molecule has 0 aliphatic heterocycles. The Morgan fingerprint density at radius 2 is 1.64 bits per heavy atom. The van der Waals surface area contributed by atoms with Crippen LogP contribution < -0.4 is 10.2 Å². The Kier molecular flexibility index (Phi) is 9.11. The van der Waals surface area contributed by atoms with Crippen molar-refractivity contribution in [3.63, 3.8) is 0 Å². The van der Waals surface area contributed by atoms with E-state index >= 15 is 0 Å². The molecule has 0 fully saturated rings. The third-order valence-corrected chi connectivity index (χ3v) is 6.92. The fourth-order valence-electron chi connectivity index (χ4n) is 3.99. The van der Waals surface area contributed by atoms with Gasteiger partial charge >= 0.3 is 5.97 Å². The van der Waals surface area contributed by atoms with Gasteiger partial charge < -0.3 is 15.0 Å². The highest BCUT2D eigenvalue weighted by Gasteiger charge is 2.12. The van der Waals surface area contributed by atoms with Crippen LogP contribution in [0.4, 0.5) is 10.8 Å². The molecule has 0 radical (unpaired) electrons. The van der Waals surface area contributed by atoms with Crippen LogP contribution in [0.3, 0.4) is 0 Å². The van der Waals surface area contributed by atoms with Crippen LogP contribution >= 0.6 is 11.3 Å². The van der Waals surface area contributed by atoms with Crippen molar-refractivity contribution >= 4 is 28.1 Å². The number of aryl methyl sites for hydroxylation is 1. The first-order chi connectivity index (χ1) is 17.6. The van der Waals surface area contributed by atoms with Crippen LogP contribution in [0.5, 0.6) is 0 Å². The van der Waals surface area contributed by atoms with E-state index in [4.69, 9.17) is 9.72 Å². The number of methoxy groups -OCH3 is 1. The lowest BCUT2D eigenvalue weighted by atomic mass is 10.1. The van der Waals surface area contributed by atoms with Crippen molar-refractivity contribution in [1.82, 2.24) is 4.98 Å². The highest BCUT2D eigenvalue weighted by Crippen LogP contribution is 2.28. The predicted octanol–water partition coefficient (Wildman–Crippen LogP) is 6.94. The van der Waals surface area contributed by atoms with Gasteiger partial charge in [-0.05, 0) is 41.7 Å². The lowest BCUT2D eigenvalue weighted by Crippen LogP contribution is -2.23. The van der Waals surface area contributed by atoms with Crippen molar-refractivity contribution in [2.75, 3.05) is 23.9 Å². The van der Waals surface area contributed by atoms with Crippen LogP contribution in [0.25, 0.3) is 11.3 Å². The van der Waals surface area contributed by atoms with Gasteiger partial charge in [0, 0.05) is 42.7 Å². The van der Waals surface area contributed by atoms with E-state index in [1.54, 1.807) is 11.3 Å². The summed E-state index contributed by atoms with van der Waals surface area (Å²) in [5, 5.41) is 6.69. The fourth-order valence-corrected chi connectivity index (χ4v) is 4.85. The maximum Gasteiger partial charge on any atom is 0.305 e. The summed E-state index contributed by atoms with van der Waals surface area (Å²) in [7, 11) is 1.42. The lowest BCUT2D eigenvalue weighted by molar-refractivity contribution is -0.140. The number of esters is 1. The summed E-state index contributed by atoms with van der Waals surface area (Å²) in [6.45, 7) is 4.78. The van der Waals surface area contributed by atoms with Crippen molar-refractivity contribution < 1.29 is 9.53 Å². The molecule has 5 nitrogen and oxygen atoms in total. The van der Waals surface area contributed by atoms with E-state index in [9.17, 15) is 4.79 Å². The minimum Gasteiger partial charge on any atom is -0.469 e. The molecule has 0 amide bonds. The van der Waals surface area contributed by atoms with Crippen molar-refractivity contribution in [2.24, 2.45) is 0 Å². The number of carbonyl (C=O) groups is 1. The maximum absolute atomic E-state index is 11.3. The molecule has 0 saturated carbocycles. The van der Waals surface area contributed by atoms with Crippen LogP contribution in [0.15, 0.2) is 84.2 Å². The van der Waals surface area contributed by atoms with E-state index in [1.807, 2.05) is 6.07 Å². The van der Waals surface area contributed by atoms with Gasteiger partial charge in [0.2, 0.25) is 0 Å². The SMILES string of the molecule is CCCN(Cc1ccc(CNc2ccc(CCC(=O)OC)cc2)cc1)c1nc(-c2ccccc2)cs1. The summed E-state index contributed by atoms with van der Waals surface area (Å²) < 4.78 is 4.71. The second-order valence-electron chi connectivity index (χ2n) is 8.75. The summed E-state index contributed by atoms with van der Waals surface area (Å²) in [6.07, 6.45) is 2.17. The van der Waals surface area contributed by atoms with E-state index in [1.165, 1.54) is 18.2 Å². The lowest BCUT2D eigenvalue weighted by Gasteiger charge is -2.21. The van der Waals surface area contributed by atoms with E-state index in [2.05, 4.69) is 95.3 Å². The minimum atomic E-state index is -0.179. The summed E-state index contributed by atoms with van der Waals surface area (Å²) in [6, 6.07) is 27.4. The Balaban J connectivity index is 1.32. The molecule has 4 aromatic rings. The van der Waals surface area contributed by atoms with Gasteiger partial charge in [-0.25, -0.2) is 4.98 Å². The number of benzene rings is 3. The number of rotatable bonds is 12. The van der Waals surface area contributed by atoms with Crippen molar-refractivity contribution in [1.29, 1.82) is 0 Å². The smallest absolute Gasteiger partial charge is 0.305 e. The highest BCUT2D eigenvalue weighted by atomic mass is 32.1. The highest BCUT2D eigenvalue weighted by molar-refractivity contribution is 7.14. The van der Waals surface area contributed by atoms with Gasteiger partial charge in [-0.1, -0.05) is 73.7 Å². The Labute approximate surface area is 217 Å². The Morgan fingerprint density at radius 1 is 0.944 bits per heavy atom. The molecule has 1 N–H and O–H groups in total. The Morgan fingerprint density at radius 3 is 2.33 bits per heavy atom. The average Bonchev–Trinajstić information content (AvgIpc) is 3.42. The molecule has 1 aromatic heterocycles. The molecule has 4 rings (SSSR count). The van der Waals surface area contributed by atoms with Crippen LogP contribution in [0.1, 0.15) is 36.5 Å². The molecular formula is C30H33N3O2S. The quantitative estimate of drug-likeness (QED) is 0.214. The molecule has 0 unspecified atom stereocenters. The monoisotopic (exact) mass is 499 g/mol. The van der Waals surface area contributed by atoms with Crippen molar-refractivity contribution in [2.45, 2.75) is 39.3 Å². The zero-order chi connectivity index (χ0) is 25.2. The molecule has 1 heterocycles. The number of carbonyl (C=O) groups excluding carboxylic acids is 1. The topological polar surface area (TPSA) is 54.5 Å². The van der Waals surface area contributed by atoms with E-state index in [-0.39, 0.29) is 5.97 Å². The molecule has 0 aliphatic rings. The number of nitrogens with one attached hydrogen (secondary N) is 1. The van der Waals surface area contributed by atoms with Gasteiger partial charge in [0.25, 0.3) is 0 Å². The van der Waals surface area contributed by atoms with Crippen LogP contribution in [0, 0.1) is 0 Å². The largest absolute Gasteiger partial charge is 0.469 e. The van der Waals surface area contributed by atoms with E-state index in [0.29, 0.717) is 12.8 Å². The minimum absolute atomic E-state index is 0.179. The second kappa shape index (κ2) is 12.9. The second-order valence-corrected chi connectivity index (χ2v) is 9.58. The first-order valence-corrected chi connectivity index (χ1v) is 13.3. The number of hydrogen-bond donors (Lipinski definition) is 1. The molecule has 0 saturated heterocycles. The number of hydrogen-bond acceptors (Lipinski definition) is 6. The van der Waals surface area contributed by atoms with Crippen LogP contribution in [-0.2, 0) is 29.0 Å². The van der Waals surface area contributed by atoms with Gasteiger partial charge in [-0.15, -0.1) is 11.3 Å². The molecule has 6 heteroatoms. The normalized spacial score (nSPS) is 10.7. The van der Waals surface area contributed by atoms with Gasteiger partial charge in [-0.3, -0.25) is 4.79 Å². The van der Waals surface area contributed by atoms with Crippen LogP contribution in [0.2, 0.25) is 0 Å². The molecular weight excluding hydrogens is 466 g/mol. The average molecular weight is 500 g/mol. The molecule has 36 heavy (non-hydrogen) atoms. The summed E-state index contributed by atoms with van der Waals surface area (Å²) in [4.78, 5) is 18.6. The maximum atomic E-state index is 11.3. The molecule has 0 bridgehead atoms. The number of aromatic nitrogens is 1. The Hall–Kier alpha value is -3.64. The standard InChI is InChI=1S/C30H33N3O2S/c1-3-19-33(30-32-28(22-36-30)26-7-5-4-6-8-26)21-25-11-9-24(10-12-25)20-31-27-16-13-23(14-17-27)15-18-29(34)35-2/h4-14,16-17,22,31H,3,15,18-21H2,1-2H3. The third kappa shape index (κ3) is 7.18. The van der Waals surface area contributed by atoms with Crippen LogP contribution in [-0.4, -0.2) is 24.6 Å². The summed E-state index contributed by atoms with van der Waals surface area (Å²) >= 11 is 1.71. The zero-order valence-corrected chi connectivity index (χ0v) is 21.8. The number of thiazole rings is 1. The number of anilines is 2. The first kappa shape index (κ1) is 25.5.